The number of nitrogens with zero attached hydrogens (tertiary/aromatic N) is 5. The van der Waals surface area contributed by atoms with Crippen molar-refractivity contribution in [3.8, 4) is 34.3 Å². The Labute approximate surface area is 276 Å². The van der Waals surface area contributed by atoms with Crippen LogP contribution in [-0.2, 0) is 0 Å². The molecule has 4 aromatic heterocycles. The Bertz CT molecular complexity index is 2830. The minimum absolute atomic E-state index is 0.602. The molecule has 0 spiro atoms. The van der Waals surface area contributed by atoms with E-state index in [9.17, 15) is 0 Å². The largest absolute Gasteiger partial charge is 0.307 e. The van der Waals surface area contributed by atoms with Crippen LogP contribution in [0.1, 0.15) is 0 Å². The van der Waals surface area contributed by atoms with Crippen molar-refractivity contribution in [3.05, 3.63) is 164 Å². The van der Waals surface area contributed by atoms with Crippen molar-refractivity contribution in [3.63, 3.8) is 0 Å². The molecule has 0 radical (unpaired) electrons. The standard InChI is InChI=1S/C43H27N5/c1-3-13-28(14-4-1)37-27-38(36-26-23-29-15-7-10-20-35(29)44-36)46-43(45-37)48-40-22-12-9-19-32(40)34-25-24-33-31-18-8-11-21-39(31)47(41(33)42(34)48)30-16-5-2-6-17-30/h1-27H. The van der Waals surface area contributed by atoms with Crippen molar-refractivity contribution in [2.75, 3.05) is 0 Å². The van der Waals surface area contributed by atoms with Crippen LogP contribution in [0, 0.1) is 0 Å². The number of benzene rings is 6. The second kappa shape index (κ2) is 10.5. The number of pyridine rings is 1. The molecule has 5 heteroatoms. The van der Waals surface area contributed by atoms with E-state index in [0.717, 1.165) is 72.1 Å². The summed E-state index contributed by atoms with van der Waals surface area (Å²) in [7, 11) is 0. The van der Waals surface area contributed by atoms with E-state index in [1.807, 2.05) is 36.4 Å². The first-order valence-corrected chi connectivity index (χ1v) is 16.1. The zero-order valence-corrected chi connectivity index (χ0v) is 25.8. The number of para-hydroxylation sites is 4. The summed E-state index contributed by atoms with van der Waals surface area (Å²) in [5, 5.41) is 5.78. The highest BCUT2D eigenvalue weighted by atomic mass is 15.2. The lowest BCUT2D eigenvalue weighted by molar-refractivity contribution is 0.992. The van der Waals surface area contributed by atoms with E-state index in [1.54, 1.807) is 0 Å². The lowest BCUT2D eigenvalue weighted by atomic mass is 10.1. The number of hydrogen-bond donors (Lipinski definition) is 0. The summed E-state index contributed by atoms with van der Waals surface area (Å²) >= 11 is 0. The first-order valence-electron chi connectivity index (χ1n) is 16.1. The molecule has 0 saturated heterocycles. The summed E-state index contributed by atoms with van der Waals surface area (Å²) in [6, 6.07) is 57.1. The number of hydrogen-bond acceptors (Lipinski definition) is 3. The molecule has 0 aliphatic heterocycles. The van der Waals surface area contributed by atoms with Gasteiger partial charge in [-0.3, -0.25) is 4.57 Å². The van der Waals surface area contributed by atoms with Gasteiger partial charge >= 0.3 is 0 Å². The van der Waals surface area contributed by atoms with Gasteiger partial charge in [-0.2, -0.15) is 0 Å². The summed E-state index contributed by atoms with van der Waals surface area (Å²) in [6.07, 6.45) is 0. The van der Waals surface area contributed by atoms with E-state index in [-0.39, 0.29) is 0 Å². The molecular formula is C43H27N5. The van der Waals surface area contributed by atoms with Crippen molar-refractivity contribution in [2.45, 2.75) is 0 Å². The SMILES string of the molecule is c1ccc(-c2cc(-c3ccc4ccccc4n3)nc(-n3c4ccccc4c4ccc5c6ccccc6n(-c6ccccc6)c5c43)n2)cc1. The molecule has 48 heavy (non-hydrogen) atoms. The molecule has 0 bridgehead atoms. The molecule has 0 saturated carbocycles. The molecule has 0 amide bonds. The van der Waals surface area contributed by atoms with E-state index in [1.165, 1.54) is 10.8 Å². The first-order chi connectivity index (χ1) is 23.8. The Balaban J connectivity index is 1.36. The van der Waals surface area contributed by atoms with E-state index in [0.29, 0.717) is 5.95 Å². The molecule has 0 unspecified atom stereocenters. The van der Waals surface area contributed by atoms with Crippen LogP contribution in [0.3, 0.4) is 0 Å². The summed E-state index contributed by atoms with van der Waals surface area (Å²) < 4.78 is 4.64. The zero-order chi connectivity index (χ0) is 31.6. The Morgan fingerprint density at radius 1 is 0.375 bits per heavy atom. The maximum atomic E-state index is 5.32. The lowest BCUT2D eigenvalue weighted by Gasteiger charge is -2.13. The Hall–Kier alpha value is -6.59. The minimum Gasteiger partial charge on any atom is -0.307 e. The fourth-order valence-corrected chi connectivity index (χ4v) is 7.18. The van der Waals surface area contributed by atoms with E-state index < -0.39 is 0 Å². The predicted octanol–water partition coefficient (Wildman–Crippen LogP) is 10.6. The third kappa shape index (κ3) is 4.01. The van der Waals surface area contributed by atoms with E-state index >= 15 is 0 Å². The molecule has 6 aromatic carbocycles. The van der Waals surface area contributed by atoms with Gasteiger partial charge in [0.25, 0.3) is 0 Å². The van der Waals surface area contributed by atoms with Gasteiger partial charge in [0.1, 0.15) is 0 Å². The maximum Gasteiger partial charge on any atom is 0.235 e. The monoisotopic (exact) mass is 613 g/mol. The van der Waals surface area contributed by atoms with Crippen LogP contribution in [0.2, 0.25) is 0 Å². The molecule has 0 fully saturated rings. The van der Waals surface area contributed by atoms with Crippen molar-refractivity contribution in [1.29, 1.82) is 0 Å². The van der Waals surface area contributed by atoms with Crippen LogP contribution in [0.15, 0.2) is 164 Å². The average molecular weight is 614 g/mol. The van der Waals surface area contributed by atoms with Crippen LogP contribution in [0.4, 0.5) is 0 Å². The quantitative estimate of drug-likeness (QED) is 0.198. The van der Waals surface area contributed by atoms with E-state index in [4.69, 9.17) is 15.0 Å². The second-order valence-electron chi connectivity index (χ2n) is 12.1. The summed E-state index contributed by atoms with van der Waals surface area (Å²) in [4.78, 5) is 15.7. The molecule has 5 nitrogen and oxygen atoms in total. The fourth-order valence-electron chi connectivity index (χ4n) is 7.18. The fraction of sp³-hybridized carbons (Fsp3) is 0. The summed E-state index contributed by atoms with van der Waals surface area (Å²) in [5.41, 5.74) is 9.86. The van der Waals surface area contributed by atoms with Crippen LogP contribution in [0.25, 0.3) is 88.8 Å². The van der Waals surface area contributed by atoms with Crippen LogP contribution < -0.4 is 0 Å². The summed E-state index contributed by atoms with van der Waals surface area (Å²) in [6.45, 7) is 0. The molecule has 224 valence electrons. The molecule has 0 atom stereocenters. The van der Waals surface area contributed by atoms with Gasteiger partial charge in [-0.1, -0.05) is 121 Å². The smallest absolute Gasteiger partial charge is 0.235 e. The van der Waals surface area contributed by atoms with Crippen molar-refractivity contribution < 1.29 is 0 Å². The topological polar surface area (TPSA) is 48.5 Å². The Morgan fingerprint density at radius 2 is 0.958 bits per heavy atom. The van der Waals surface area contributed by atoms with E-state index in [2.05, 4.69) is 137 Å². The van der Waals surface area contributed by atoms with Gasteiger partial charge in [-0.25, -0.2) is 15.0 Å². The number of rotatable bonds is 4. The average Bonchev–Trinajstić information content (AvgIpc) is 3.68. The van der Waals surface area contributed by atoms with Gasteiger partial charge in [0.2, 0.25) is 5.95 Å². The third-order valence-corrected chi connectivity index (χ3v) is 9.33. The van der Waals surface area contributed by atoms with Crippen LogP contribution in [0.5, 0.6) is 0 Å². The molecule has 10 rings (SSSR count). The molecule has 4 heterocycles. The highest BCUT2D eigenvalue weighted by Crippen LogP contribution is 2.41. The molecule has 10 aromatic rings. The van der Waals surface area contributed by atoms with Crippen molar-refractivity contribution in [2.24, 2.45) is 0 Å². The molecule has 0 aliphatic rings. The normalized spacial score (nSPS) is 11.8. The minimum atomic E-state index is 0.602. The highest BCUT2D eigenvalue weighted by molar-refractivity contribution is 6.23. The Kier molecular flexibility index (Phi) is 5.81. The van der Waals surface area contributed by atoms with Crippen molar-refractivity contribution >= 4 is 54.5 Å². The second-order valence-corrected chi connectivity index (χ2v) is 12.1. The Morgan fingerprint density at radius 3 is 1.71 bits per heavy atom. The zero-order valence-electron chi connectivity index (χ0n) is 25.8. The van der Waals surface area contributed by atoms with Gasteiger partial charge < -0.3 is 4.57 Å². The van der Waals surface area contributed by atoms with Gasteiger partial charge in [0.05, 0.1) is 44.7 Å². The van der Waals surface area contributed by atoms with Gasteiger partial charge in [0.15, 0.2) is 0 Å². The summed E-state index contributed by atoms with van der Waals surface area (Å²) in [5.74, 6) is 0.602. The van der Waals surface area contributed by atoms with Gasteiger partial charge in [-0.05, 0) is 42.5 Å². The molecule has 0 aliphatic carbocycles. The third-order valence-electron chi connectivity index (χ3n) is 9.33. The van der Waals surface area contributed by atoms with Gasteiger partial charge in [0, 0.05) is 38.2 Å². The molecule has 0 N–H and O–H groups in total. The lowest BCUT2D eigenvalue weighted by Crippen LogP contribution is -2.05. The number of fused-ring (bicyclic) bond motifs is 8. The number of aromatic nitrogens is 5. The van der Waals surface area contributed by atoms with Crippen LogP contribution in [-0.4, -0.2) is 24.1 Å². The predicted molar refractivity (Wildman–Crippen MR) is 197 cm³/mol. The molecular weight excluding hydrogens is 587 g/mol. The van der Waals surface area contributed by atoms with Crippen LogP contribution >= 0.6 is 0 Å². The first kappa shape index (κ1) is 26.6. The van der Waals surface area contributed by atoms with Gasteiger partial charge in [-0.15, -0.1) is 0 Å². The highest BCUT2D eigenvalue weighted by Gasteiger charge is 2.23. The van der Waals surface area contributed by atoms with Crippen molar-refractivity contribution in [1.82, 2.24) is 24.1 Å². The maximum absolute atomic E-state index is 5.32.